The maximum Gasteiger partial charge on any atom is 0.244 e. The van der Waals surface area contributed by atoms with Crippen molar-refractivity contribution in [2.75, 3.05) is 17.1 Å². The van der Waals surface area contributed by atoms with Crippen molar-refractivity contribution in [3.63, 3.8) is 0 Å². The van der Waals surface area contributed by atoms with Gasteiger partial charge in [0.1, 0.15) is 12.6 Å². The Bertz CT molecular complexity index is 1110. The predicted molar refractivity (Wildman–Crippen MR) is 136 cm³/mol. The van der Waals surface area contributed by atoms with Gasteiger partial charge >= 0.3 is 0 Å². The van der Waals surface area contributed by atoms with Gasteiger partial charge in [0.2, 0.25) is 21.8 Å². The highest BCUT2D eigenvalue weighted by Gasteiger charge is 2.31. The molecule has 1 N–H and O–H groups in total. The summed E-state index contributed by atoms with van der Waals surface area (Å²) < 4.78 is 26.9. The molecule has 0 aromatic heterocycles. The number of hydrogen-bond acceptors (Lipinski definition) is 4. The number of nitrogens with one attached hydrogen (secondary N) is 1. The summed E-state index contributed by atoms with van der Waals surface area (Å²) in [6, 6.07) is 10.7. The van der Waals surface area contributed by atoms with Crippen LogP contribution in [0.15, 0.2) is 46.9 Å². The summed E-state index contributed by atoms with van der Waals surface area (Å²) in [5.41, 5.74) is 0.866. The van der Waals surface area contributed by atoms with E-state index in [2.05, 4.69) is 21.2 Å². The summed E-state index contributed by atoms with van der Waals surface area (Å²) >= 11 is 15.6. The average Bonchev–Trinajstić information content (AvgIpc) is 2.71. The molecule has 0 heterocycles. The van der Waals surface area contributed by atoms with Crippen LogP contribution in [0.4, 0.5) is 5.69 Å². The number of sulfonamides is 1. The van der Waals surface area contributed by atoms with E-state index in [4.69, 9.17) is 23.2 Å². The number of carbonyl (C=O) groups excluding carboxylic acids is 2. The quantitative estimate of drug-likeness (QED) is 0.476. The number of carbonyl (C=O) groups is 2. The van der Waals surface area contributed by atoms with E-state index in [9.17, 15) is 18.0 Å². The number of amides is 2. The highest BCUT2D eigenvalue weighted by atomic mass is 79.9. The van der Waals surface area contributed by atoms with Gasteiger partial charge in [-0.05, 0) is 56.7 Å². The average molecular weight is 579 g/mol. The van der Waals surface area contributed by atoms with E-state index >= 15 is 0 Å². The van der Waals surface area contributed by atoms with Crippen LogP contribution >= 0.6 is 39.1 Å². The van der Waals surface area contributed by atoms with Gasteiger partial charge in [0.05, 0.1) is 17.0 Å². The van der Waals surface area contributed by atoms with Crippen molar-refractivity contribution in [1.82, 2.24) is 10.2 Å². The van der Waals surface area contributed by atoms with Crippen molar-refractivity contribution in [3.8, 4) is 0 Å². The van der Waals surface area contributed by atoms with E-state index in [1.54, 1.807) is 6.92 Å². The topological polar surface area (TPSA) is 86.8 Å². The highest BCUT2D eigenvalue weighted by molar-refractivity contribution is 9.10. The van der Waals surface area contributed by atoms with Crippen LogP contribution in [-0.4, -0.2) is 50.0 Å². The lowest BCUT2D eigenvalue weighted by molar-refractivity contribution is -0.139. The van der Waals surface area contributed by atoms with E-state index in [0.29, 0.717) is 0 Å². The number of rotatable bonds is 9. The molecule has 11 heteroatoms. The zero-order valence-electron chi connectivity index (χ0n) is 18.7. The molecule has 0 aliphatic rings. The van der Waals surface area contributed by atoms with E-state index in [1.807, 2.05) is 38.1 Å². The van der Waals surface area contributed by atoms with Crippen molar-refractivity contribution >= 4 is 66.7 Å². The van der Waals surface area contributed by atoms with Gasteiger partial charge in [0.15, 0.2) is 0 Å². The second-order valence-corrected chi connectivity index (χ2v) is 11.5. The Labute approximate surface area is 213 Å². The smallest absolute Gasteiger partial charge is 0.244 e. The molecule has 7 nitrogen and oxygen atoms in total. The molecule has 180 valence electrons. The summed E-state index contributed by atoms with van der Waals surface area (Å²) in [5.74, 6) is -0.909. The largest absolute Gasteiger partial charge is 0.352 e. The van der Waals surface area contributed by atoms with Gasteiger partial charge in [0.25, 0.3) is 0 Å². The second kappa shape index (κ2) is 11.6. The molecule has 0 saturated heterocycles. The standard InChI is InChI=1S/C22H26BrCl2N3O4S/c1-14(2)26-22(30)15(3)27(12-16-5-7-17(23)8-6-16)21(29)13-28(33(4,31)32)20-11-18(24)9-10-19(20)25/h5-11,14-15H,12-13H2,1-4H3,(H,26,30). The molecule has 0 spiro atoms. The summed E-state index contributed by atoms with van der Waals surface area (Å²) in [5, 5.41) is 3.19. The van der Waals surface area contributed by atoms with Crippen LogP contribution in [0.5, 0.6) is 0 Å². The molecule has 2 aromatic rings. The maximum absolute atomic E-state index is 13.4. The van der Waals surface area contributed by atoms with Crippen molar-refractivity contribution in [3.05, 3.63) is 62.5 Å². The molecule has 0 fully saturated rings. The summed E-state index contributed by atoms with van der Waals surface area (Å²) in [6.07, 6.45) is 0.978. The molecule has 1 unspecified atom stereocenters. The molecule has 2 amide bonds. The van der Waals surface area contributed by atoms with Crippen LogP contribution in [0, 0.1) is 0 Å². The van der Waals surface area contributed by atoms with Gasteiger partial charge in [-0.3, -0.25) is 13.9 Å². The van der Waals surface area contributed by atoms with E-state index in [-0.39, 0.29) is 34.2 Å². The van der Waals surface area contributed by atoms with Crippen LogP contribution in [0.25, 0.3) is 0 Å². The van der Waals surface area contributed by atoms with Crippen LogP contribution in [0.3, 0.4) is 0 Å². The number of hydrogen-bond donors (Lipinski definition) is 1. The Morgan fingerprint density at radius 2 is 1.67 bits per heavy atom. The fraction of sp³-hybridized carbons (Fsp3) is 0.364. The fourth-order valence-corrected chi connectivity index (χ4v) is 4.60. The number of anilines is 1. The zero-order chi connectivity index (χ0) is 24.9. The van der Waals surface area contributed by atoms with Gasteiger partial charge in [-0.15, -0.1) is 0 Å². The maximum atomic E-state index is 13.4. The molecule has 0 aliphatic carbocycles. The first-order valence-corrected chi connectivity index (χ1v) is 13.5. The third-order valence-electron chi connectivity index (χ3n) is 4.72. The normalized spacial score (nSPS) is 12.4. The molecular formula is C22H26BrCl2N3O4S. The molecule has 0 bridgehead atoms. The monoisotopic (exact) mass is 577 g/mol. The molecule has 2 aromatic carbocycles. The van der Waals surface area contributed by atoms with Crippen LogP contribution in [-0.2, 0) is 26.2 Å². The predicted octanol–water partition coefficient (Wildman–Crippen LogP) is 4.46. The van der Waals surface area contributed by atoms with Gasteiger partial charge in [-0.25, -0.2) is 8.42 Å². The van der Waals surface area contributed by atoms with Crippen molar-refractivity contribution in [2.45, 2.75) is 39.4 Å². The van der Waals surface area contributed by atoms with Gasteiger partial charge in [0, 0.05) is 22.1 Å². The lowest BCUT2D eigenvalue weighted by Gasteiger charge is -2.32. The minimum Gasteiger partial charge on any atom is -0.352 e. The zero-order valence-corrected chi connectivity index (χ0v) is 22.6. The summed E-state index contributed by atoms with van der Waals surface area (Å²) in [7, 11) is -3.89. The molecule has 0 saturated carbocycles. The van der Waals surface area contributed by atoms with Crippen LogP contribution < -0.4 is 9.62 Å². The van der Waals surface area contributed by atoms with Gasteiger partial charge in [-0.1, -0.05) is 51.3 Å². The van der Waals surface area contributed by atoms with Crippen LogP contribution in [0.2, 0.25) is 10.0 Å². The molecule has 0 radical (unpaired) electrons. The number of nitrogens with zero attached hydrogens (tertiary/aromatic N) is 2. The second-order valence-electron chi connectivity index (χ2n) is 7.85. The van der Waals surface area contributed by atoms with Crippen molar-refractivity contribution in [1.29, 1.82) is 0 Å². The summed E-state index contributed by atoms with van der Waals surface area (Å²) in [4.78, 5) is 27.5. The lowest BCUT2D eigenvalue weighted by Crippen LogP contribution is -2.52. The van der Waals surface area contributed by atoms with Crippen molar-refractivity contribution < 1.29 is 18.0 Å². The van der Waals surface area contributed by atoms with Crippen molar-refractivity contribution in [2.24, 2.45) is 0 Å². The Hall–Kier alpha value is -1.81. The Morgan fingerprint density at radius 1 is 1.06 bits per heavy atom. The minimum atomic E-state index is -3.89. The molecule has 1 atom stereocenters. The third-order valence-corrected chi connectivity index (χ3v) is 6.93. The fourth-order valence-electron chi connectivity index (χ4n) is 3.05. The molecule has 33 heavy (non-hydrogen) atoms. The van der Waals surface area contributed by atoms with Gasteiger partial charge in [-0.2, -0.15) is 0 Å². The first kappa shape index (κ1) is 27.4. The summed E-state index contributed by atoms with van der Waals surface area (Å²) in [6.45, 7) is 4.80. The minimum absolute atomic E-state index is 0.0860. The Morgan fingerprint density at radius 3 is 2.21 bits per heavy atom. The van der Waals surface area contributed by atoms with E-state index in [1.165, 1.54) is 23.1 Å². The SMILES string of the molecule is CC(C)NC(=O)C(C)N(Cc1ccc(Br)cc1)C(=O)CN(c1cc(Cl)ccc1Cl)S(C)(=O)=O. The van der Waals surface area contributed by atoms with Gasteiger partial charge < -0.3 is 10.2 Å². The Kier molecular flexibility index (Phi) is 9.60. The third kappa shape index (κ3) is 7.88. The van der Waals surface area contributed by atoms with E-state index in [0.717, 1.165) is 20.6 Å². The first-order chi connectivity index (χ1) is 15.3. The van der Waals surface area contributed by atoms with E-state index < -0.39 is 28.5 Å². The molecular weight excluding hydrogens is 553 g/mol. The Balaban J connectivity index is 2.42. The lowest BCUT2D eigenvalue weighted by atomic mass is 10.1. The highest BCUT2D eigenvalue weighted by Crippen LogP contribution is 2.31. The molecule has 0 aliphatic heterocycles. The van der Waals surface area contributed by atoms with Crippen LogP contribution in [0.1, 0.15) is 26.3 Å². The number of benzene rings is 2. The number of halogens is 3. The first-order valence-electron chi connectivity index (χ1n) is 10.1. The molecule has 2 rings (SSSR count).